The van der Waals surface area contributed by atoms with Crippen LogP contribution in [0.25, 0.3) is 0 Å². The molecule has 34 heavy (non-hydrogen) atoms. The molecule has 8 heteroatoms. The molecule has 1 aromatic carbocycles. The Bertz CT molecular complexity index is 864. The van der Waals surface area contributed by atoms with Gasteiger partial charge in [0, 0.05) is 6.29 Å². The van der Waals surface area contributed by atoms with Crippen LogP contribution in [0.5, 0.6) is 5.88 Å². The fourth-order valence-electron chi connectivity index (χ4n) is 3.16. The molecule has 3 rings (SSSR count). The number of hydrogen-bond acceptors (Lipinski definition) is 6. The Balaban J connectivity index is 0.000000450. The van der Waals surface area contributed by atoms with Crippen LogP contribution < -0.4 is 4.74 Å². The van der Waals surface area contributed by atoms with Crippen LogP contribution in [-0.2, 0) is 42.7 Å². The molecule has 1 aromatic heterocycles. The number of halogens is 1. The van der Waals surface area contributed by atoms with Gasteiger partial charge in [0.2, 0.25) is 5.88 Å². The maximum Gasteiger partial charge on any atom is 2.00 e. The summed E-state index contributed by atoms with van der Waals surface area (Å²) in [6.07, 6.45) is 4.47. The van der Waals surface area contributed by atoms with E-state index >= 15 is 0 Å². The summed E-state index contributed by atoms with van der Waals surface area (Å²) in [5.41, 5.74) is 1.44. The predicted molar refractivity (Wildman–Crippen MR) is 130 cm³/mol. The van der Waals surface area contributed by atoms with Gasteiger partial charge in [-0.2, -0.15) is 18.9 Å². The van der Waals surface area contributed by atoms with Crippen LogP contribution in [0.4, 0.5) is 0 Å². The van der Waals surface area contributed by atoms with Crippen LogP contribution in [-0.4, -0.2) is 37.1 Å². The molecule has 1 saturated carbocycles. The standard InChI is InChI=1S/C18H17BrNO3.C8H15O2.Mn/c19-17-7-6-16(9-21)20-18(17)23-12-15-8-14(15)11-22-10-13-4-2-1-3-5-13;1-4-7(5-2)8(9)10-6-3;/h1-7,14-15H,8,10-12H2;4-6H2,1-3H3;/q2*-1;+2/t14-,15-;;/m1../s1. The fourth-order valence-corrected chi connectivity index (χ4v) is 3.50. The molecule has 2 atom stereocenters. The third kappa shape index (κ3) is 10.6. The number of carbonyl (C=O) groups is 1. The first-order valence-corrected chi connectivity index (χ1v) is 12.1. The first-order valence-electron chi connectivity index (χ1n) is 11.3. The summed E-state index contributed by atoms with van der Waals surface area (Å²) in [6.45, 7) is 8.22. The van der Waals surface area contributed by atoms with Gasteiger partial charge < -0.3 is 19.0 Å². The van der Waals surface area contributed by atoms with Crippen LogP contribution in [0.2, 0.25) is 0 Å². The molecule has 0 aliphatic heterocycles. The van der Waals surface area contributed by atoms with Gasteiger partial charge in [0.15, 0.2) is 5.97 Å². The first kappa shape index (κ1) is 30.2. The van der Waals surface area contributed by atoms with Crippen molar-refractivity contribution in [3.63, 3.8) is 0 Å². The summed E-state index contributed by atoms with van der Waals surface area (Å²) in [4.78, 5) is 25.7. The molecule has 1 aliphatic carbocycles. The number of hydrogen-bond donors (Lipinski definition) is 0. The summed E-state index contributed by atoms with van der Waals surface area (Å²) in [5.74, 6) is 2.22. The van der Waals surface area contributed by atoms with Crippen LogP contribution in [0.3, 0.4) is 0 Å². The average molecular weight is 573 g/mol. The van der Waals surface area contributed by atoms with E-state index in [0.717, 1.165) is 36.3 Å². The molecule has 2 aromatic rings. The summed E-state index contributed by atoms with van der Waals surface area (Å²) in [5, 5.41) is 0. The van der Waals surface area contributed by atoms with Gasteiger partial charge >= 0.3 is 17.1 Å². The Morgan fingerprint density at radius 2 is 1.76 bits per heavy atom. The second-order valence-corrected chi connectivity index (χ2v) is 8.54. The van der Waals surface area contributed by atoms with Crippen molar-refractivity contribution in [3.05, 3.63) is 64.1 Å². The summed E-state index contributed by atoms with van der Waals surface area (Å²) in [6, 6.07) is 13.5. The van der Waals surface area contributed by atoms with Crippen molar-refractivity contribution in [3.8, 4) is 5.88 Å². The van der Waals surface area contributed by atoms with Gasteiger partial charge in [-0.25, -0.2) is 4.98 Å². The van der Waals surface area contributed by atoms with Gasteiger partial charge in [-0.05, 0) is 46.7 Å². The molecule has 0 spiro atoms. The molecule has 6 nitrogen and oxygen atoms in total. The van der Waals surface area contributed by atoms with Crippen molar-refractivity contribution < 1.29 is 40.9 Å². The minimum absolute atomic E-state index is 0. The Morgan fingerprint density at radius 1 is 1.09 bits per heavy atom. The number of pyridine rings is 1. The van der Waals surface area contributed by atoms with Crippen molar-refractivity contribution in [1.29, 1.82) is 0 Å². The molecule has 185 valence electrons. The summed E-state index contributed by atoms with van der Waals surface area (Å²) >= 11 is 3.37. The van der Waals surface area contributed by atoms with E-state index in [1.165, 1.54) is 5.56 Å². The number of benzene rings is 1. The van der Waals surface area contributed by atoms with Gasteiger partial charge in [0.1, 0.15) is 0 Å². The molecule has 0 saturated heterocycles. The van der Waals surface area contributed by atoms with E-state index in [0.29, 0.717) is 37.5 Å². The maximum absolute atomic E-state index is 10.9. The van der Waals surface area contributed by atoms with E-state index in [-0.39, 0.29) is 28.7 Å². The zero-order chi connectivity index (χ0) is 24.1. The fraction of sp³-hybridized carbons (Fsp3) is 0.462. The maximum atomic E-state index is 10.9. The number of nitrogens with zero attached hydrogens (tertiary/aromatic N) is 1. The minimum Gasteiger partial charge on any atom is -0.488 e. The Labute approximate surface area is 221 Å². The molecular formula is C26H32BrMnNO5. The zero-order valence-electron chi connectivity index (χ0n) is 19.9. The Kier molecular flexibility index (Phi) is 14.8. The summed E-state index contributed by atoms with van der Waals surface area (Å²) in [7, 11) is 0. The number of ether oxygens (including phenoxy) is 3. The van der Waals surface area contributed by atoms with Gasteiger partial charge in [0.05, 0.1) is 30.9 Å². The van der Waals surface area contributed by atoms with Crippen molar-refractivity contribution in [2.45, 2.75) is 46.6 Å². The van der Waals surface area contributed by atoms with Crippen LogP contribution in [0, 0.1) is 17.8 Å². The second-order valence-electron chi connectivity index (χ2n) is 7.68. The smallest absolute Gasteiger partial charge is 0.488 e. The number of aromatic nitrogens is 1. The number of esters is 1. The van der Waals surface area contributed by atoms with Gasteiger partial charge in [-0.1, -0.05) is 49.9 Å². The monoisotopic (exact) mass is 572 g/mol. The third-order valence-corrected chi connectivity index (χ3v) is 5.89. The molecule has 1 heterocycles. The Morgan fingerprint density at radius 3 is 2.38 bits per heavy atom. The topological polar surface area (TPSA) is 74.7 Å². The van der Waals surface area contributed by atoms with Crippen molar-refractivity contribution in [2.24, 2.45) is 11.8 Å². The van der Waals surface area contributed by atoms with Gasteiger partial charge in [-0.15, -0.1) is 6.07 Å². The minimum atomic E-state index is -0.132. The normalized spacial score (nSPS) is 15.8. The van der Waals surface area contributed by atoms with E-state index in [2.05, 4.69) is 33.0 Å². The molecule has 1 fully saturated rings. The number of carbonyl (C=O) groups excluding carboxylic acids is 2. The average Bonchev–Trinajstić information content (AvgIpc) is 3.59. The first-order chi connectivity index (χ1) is 16.0. The molecule has 0 bridgehead atoms. The van der Waals surface area contributed by atoms with E-state index in [1.54, 1.807) is 18.4 Å². The molecule has 0 N–H and O–H groups in total. The molecular weight excluding hydrogens is 541 g/mol. The molecule has 1 radical (unpaired) electrons. The van der Waals surface area contributed by atoms with Gasteiger partial charge in [-0.3, -0.25) is 10.7 Å². The summed E-state index contributed by atoms with van der Waals surface area (Å²) < 4.78 is 17.0. The second kappa shape index (κ2) is 16.7. The van der Waals surface area contributed by atoms with Crippen LogP contribution in [0.15, 0.2) is 46.9 Å². The van der Waals surface area contributed by atoms with Crippen LogP contribution in [0.1, 0.15) is 51.3 Å². The molecule has 1 aliphatic rings. The molecule has 0 unspecified atom stereocenters. The largest absolute Gasteiger partial charge is 2.00 e. The Hall–Kier alpha value is -1.86. The number of rotatable bonds is 12. The van der Waals surface area contributed by atoms with E-state index in [1.807, 2.05) is 39.0 Å². The quantitative estimate of drug-likeness (QED) is 0.190. The van der Waals surface area contributed by atoms with E-state index < -0.39 is 0 Å². The van der Waals surface area contributed by atoms with Crippen molar-refractivity contribution >= 4 is 28.2 Å². The van der Waals surface area contributed by atoms with Crippen LogP contribution >= 0.6 is 15.9 Å². The van der Waals surface area contributed by atoms with E-state index in [4.69, 9.17) is 14.2 Å². The van der Waals surface area contributed by atoms with E-state index in [9.17, 15) is 9.59 Å². The third-order valence-electron chi connectivity index (χ3n) is 5.28. The van der Waals surface area contributed by atoms with Crippen molar-refractivity contribution in [1.82, 2.24) is 4.98 Å². The zero-order valence-corrected chi connectivity index (χ0v) is 22.7. The SMILES string of the molecule is CCOC(=O)[C-](CC)CC.O=[C-]c1ccc(Br)c(OC[C@H]2C[C@@H]2COCc2ccccc2)n1.[Mn+2]. The van der Waals surface area contributed by atoms with Crippen molar-refractivity contribution in [2.75, 3.05) is 19.8 Å². The predicted octanol–water partition coefficient (Wildman–Crippen LogP) is 5.48. The molecule has 0 amide bonds. The van der Waals surface area contributed by atoms with Gasteiger partial charge in [0.25, 0.3) is 0 Å².